The van der Waals surface area contributed by atoms with Crippen LogP contribution in [0.4, 0.5) is 5.13 Å². The number of halogens is 2. The molecule has 1 heterocycles. The Kier molecular flexibility index (Phi) is 6.56. The Morgan fingerprint density at radius 2 is 1.86 bits per heavy atom. The van der Waals surface area contributed by atoms with Gasteiger partial charge in [0, 0.05) is 24.1 Å². The molecule has 1 N–H and O–H groups in total. The SMILES string of the molecule is O=C(COc1ccc(Cl)c(Cl)c1)Cc1ccc(S(=O)(=O)Nc2nccs2)cc1. The van der Waals surface area contributed by atoms with Gasteiger partial charge in [0.15, 0.2) is 10.9 Å². The van der Waals surface area contributed by atoms with Crippen LogP contribution < -0.4 is 9.46 Å². The van der Waals surface area contributed by atoms with Crippen molar-refractivity contribution in [2.45, 2.75) is 11.3 Å². The van der Waals surface area contributed by atoms with Crippen LogP contribution in [0.15, 0.2) is 58.9 Å². The monoisotopic (exact) mass is 456 g/mol. The van der Waals surface area contributed by atoms with Gasteiger partial charge in [-0.25, -0.2) is 13.4 Å². The van der Waals surface area contributed by atoms with Crippen molar-refractivity contribution in [3.05, 3.63) is 69.7 Å². The first-order valence-electron chi connectivity index (χ1n) is 7.94. The van der Waals surface area contributed by atoms with Crippen LogP contribution in [0, 0.1) is 0 Å². The fourth-order valence-corrected chi connectivity index (χ4v) is 4.32. The zero-order valence-electron chi connectivity index (χ0n) is 14.3. The predicted molar refractivity (Wildman–Crippen MR) is 110 cm³/mol. The lowest BCUT2D eigenvalue weighted by molar-refractivity contribution is -0.120. The van der Waals surface area contributed by atoms with E-state index >= 15 is 0 Å². The number of ether oxygens (including phenoxy) is 1. The molecule has 0 atom stereocenters. The van der Waals surface area contributed by atoms with Crippen molar-refractivity contribution in [3.8, 4) is 5.75 Å². The summed E-state index contributed by atoms with van der Waals surface area (Å²) >= 11 is 12.9. The highest BCUT2D eigenvalue weighted by atomic mass is 35.5. The molecule has 3 aromatic rings. The fourth-order valence-electron chi connectivity index (χ4n) is 2.24. The number of hydrogen-bond acceptors (Lipinski definition) is 6. The number of sulfonamides is 1. The number of nitrogens with zero attached hydrogens (tertiary/aromatic N) is 1. The summed E-state index contributed by atoms with van der Waals surface area (Å²) in [6.45, 7) is -0.135. The van der Waals surface area contributed by atoms with Gasteiger partial charge in [-0.3, -0.25) is 9.52 Å². The van der Waals surface area contributed by atoms with Crippen LogP contribution in [-0.2, 0) is 21.2 Å². The zero-order chi connectivity index (χ0) is 20.1. The van der Waals surface area contributed by atoms with Crippen LogP contribution in [0.1, 0.15) is 5.56 Å². The van der Waals surface area contributed by atoms with Crippen molar-refractivity contribution in [2.75, 3.05) is 11.3 Å². The zero-order valence-corrected chi connectivity index (χ0v) is 17.4. The second-order valence-corrected chi connectivity index (χ2v) is 9.06. The summed E-state index contributed by atoms with van der Waals surface area (Å²) in [4.78, 5) is 16.1. The summed E-state index contributed by atoms with van der Waals surface area (Å²) in [6.07, 6.45) is 1.62. The Morgan fingerprint density at radius 3 is 2.50 bits per heavy atom. The molecular formula is C18H14Cl2N2O4S2. The van der Waals surface area contributed by atoms with Gasteiger partial charge in [-0.1, -0.05) is 35.3 Å². The number of anilines is 1. The molecule has 0 aliphatic carbocycles. The first-order valence-corrected chi connectivity index (χ1v) is 11.1. The van der Waals surface area contributed by atoms with Gasteiger partial charge in [-0.15, -0.1) is 11.3 Å². The average Bonchev–Trinajstić information content (AvgIpc) is 3.15. The van der Waals surface area contributed by atoms with Crippen LogP contribution in [0.25, 0.3) is 0 Å². The number of hydrogen-bond donors (Lipinski definition) is 1. The third kappa shape index (κ3) is 5.45. The van der Waals surface area contributed by atoms with Crippen LogP contribution >= 0.6 is 34.5 Å². The molecule has 0 unspecified atom stereocenters. The molecule has 6 nitrogen and oxygen atoms in total. The maximum atomic E-state index is 12.3. The van der Waals surface area contributed by atoms with E-state index in [0.29, 0.717) is 26.5 Å². The lowest BCUT2D eigenvalue weighted by Crippen LogP contribution is -2.15. The fraction of sp³-hybridized carbons (Fsp3) is 0.111. The number of ketones is 1. The Bertz CT molecular complexity index is 1070. The van der Waals surface area contributed by atoms with Gasteiger partial charge in [-0.05, 0) is 29.8 Å². The maximum Gasteiger partial charge on any atom is 0.263 e. The van der Waals surface area contributed by atoms with Gasteiger partial charge in [0.2, 0.25) is 0 Å². The molecule has 3 rings (SSSR count). The number of benzene rings is 2. The quantitative estimate of drug-likeness (QED) is 0.541. The lowest BCUT2D eigenvalue weighted by Gasteiger charge is -2.08. The first-order chi connectivity index (χ1) is 13.3. The summed E-state index contributed by atoms with van der Waals surface area (Å²) in [5, 5.41) is 2.71. The Hall–Kier alpha value is -2.13. The predicted octanol–water partition coefficient (Wildman–Crippen LogP) is 4.44. The van der Waals surface area contributed by atoms with Crippen LogP contribution in [0.2, 0.25) is 10.0 Å². The Balaban J connectivity index is 1.57. The van der Waals surface area contributed by atoms with E-state index in [1.807, 2.05) is 0 Å². The third-order valence-corrected chi connectivity index (χ3v) is 6.49. The minimum atomic E-state index is -3.72. The normalized spacial score (nSPS) is 11.2. The number of carbonyl (C=O) groups excluding carboxylic acids is 1. The molecule has 1 aromatic heterocycles. The van der Waals surface area contributed by atoms with Gasteiger partial charge < -0.3 is 4.74 Å². The largest absolute Gasteiger partial charge is 0.486 e. The number of thiazole rings is 1. The molecule has 0 bridgehead atoms. The molecule has 0 fully saturated rings. The highest BCUT2D eigenvalue weighted by Gasteiger charge is 2.15. The molecule has 0 saturated heterocycles. The van der Waals surface area contributed by atoms with E-state index in [-0.39, 0.29) is 23.7 Å². The van der Waals surface area contributed by atoms with E-state index in [0.717, 1.165) is 0 Å². The maximum absolute atomic E-state index is 12.3. The summed E-state index contributed by atoms with van der Waals surface area (Å²) in [5.41, 5.74) is 0.677. The molecule has 0 aliphatic heterocycles. The minimum absolute atomic E-state index is 0.0888. The number of carbonyl (C=O) groups is 1. The van der Waals surface area contributed by atoms with Crippen molar-refractivity contribution in [1.82, 2.24) is 4.98 Å². The van der Waals surface area contributed by atoms with Gasteiger partial charge in [0.25, 0.3) is 10.0 Å². The molecule has 0 radical (unpaired) electrons. The minimum Gasteiger partial charge on any atom is -0.486 e. The van der Waals surface area contributed by atoms with Gasteiger partial charge in [0.1, 0.15) is 12.4 Å². The van der Waals surface area contributed by atoms with E-state index in [2.05, 4.69) is 9.71 Å². The van der Waals surface area contributed by atoms with E-state index in [9.17, 15) is 13.2 Å². The Morgan fingerprint density at radius 1 is 1.11 bits per heavy atom. The van der Waals surface area contributed by atoms with E-state index in [1.165, 1.54) is 35.7 Å². The smallest absolute Gasteiger partial charge is 0.263 e. The van der Waals surface area contributed by atoms with Crippen LogP contribution in [0.3, 0.4) is 0 Å². The molecular weight excluding hydrogens is 443 g/mol. The molecule has 0 spiro atoms. The first kappa shape index (κ1) is 20.6. The van der Waals surface area contributed by atoms with Gasteiger partial charge in [0.05, 0.1) is 14.9 Å². The molecule has 0 amide bonds. The van der Waals surface area contributed by atoms with Gasteiger partial charge in [-0.2, -0.15) is 0 Å². The van der Waals surface area contributed by atoms with Crippen molar-refractivity contribution in [1.29, 1.82) is 0 Å². The number of nitrogens with one attached hydrogen (secondary N) is 1. The average molecular weight is 457 g/mol. The standard InChI is InChI=1S/C18H14Cl2N2O4S2/c19-16-6-3-14(10-17(16)20)26-11-13(23)9-12-1-4-15(5-2-12)28(24,25)22-18-21-7-8-27-18/h1-8,10H,9,11H2,(H,21,22). The second-order valence-electron chi connectivity index (χ2n) is 5.67. The topological polar surface area (TPSA) is 85.4 Å². The highest BCUT2D eigenvalue weighted by Crippen LogP contribution is 2.26. The van der Waals surface area contributed by atoms with Crippen molar-refractivity contribution in [2.24, 2.45) is 0 Å². The number of aromatic nitrogens is 1. The summed E-state index contributed by atoms with van der Waals surface area (Å²) in [6, 6.07) is 10.8. The van der Waals surface area contributed by atoms with E-state index in [1.54, 1.807) is 29.6 Å². The lowest BCUT2D eigenvalue weighted by atomic mass is 10.1. The van der Waals surface area contributed by atoms with Crippen LogP contribution in [0.5, 0.6) is 5.75 Å². The molecule has 10 heteroatoms. The third-order valence-electron chi connectivity index (χ3n) is 3.58. The molecule has 0 saturated carbocycles. The van der Waals surface area contributed by atoms with Crippen LogP contribution in [-0.4, -0.2) is 25.8 Å². The molecule has 146 valence electrons. The van der Waals surface area contributed by atoms with Gasteiger partial charge >= 0.3 is 0 Å². The number of rotatable bonds is 8. The number of Topliss-reactive ketones (excluding diaryl/α,β-unsaturated/α-hetero) is 1. The molecule has 2 aromatic carbocycles. The van der Waals surface area contributed by atoms with Crippen molar-refractivity contribution >= 4 is 55.5 Å². The van der Waals surface area contributed by atoms with Crippen molar-refractivity contribution in [3.63, 3.8) is 0 Å². The Labute approximate surface area is 176 Å². The second kappa shape index (κ2) is 8.91. The summed E-state index contributed by atoms with van der Waals surface area (Å²) in [5.74, 6) is 0.278. The van der Waals surface area contributed by atoms with Crippen molar-refractivity contribution < 1.29 is 17.9 Å². The highest BCUT2D eigenvalue weighted by molar-refractivity contribution is 7.93. The van der Waals surface area contributed by atoms with E-state index < -0.39 is 10.0 Å². The summed E-state index contributed by atoms with van der Waals surface area (Å²) < 4.78 is 32.4. The summed E-state index contributed by atoms with van der Waals surface area (Å²) in [7, 11) is -3.72. The van der Waals surface area contributed by atoms with E-state index in [4.69, 9.17) is 27.9 Å². The molecule has 28 heavy (non-hydrogen) atoms. The molecule has 0 aliphatic rings.